The van der Waals surface area contributed by atoms with Gasteiger partial charge >= 0.3 is 6.09 Å². The van der Waals surface area contributed by atoms with E-state index in [-0.39, 0.29) is 0 Å². The molecule has 3 unspecified atom stereocenters. The van der Waals surface area contributed by atoms with E-state index in [0.717, 1.165) is 13.1 Å². The van der Waals surface area contributed by atoms with Gasteiger partial charge in [0.2, 0.25) is 6.17 Å². The van der Waals surface area contributed by atoms with Gasteiger partial charge in [0, 0.05) is 47.5 Å². The van der Waals surface area contributed by atoms with Gasteiger partial charge in [-0.25, -0.2) is 4.90 Å². The van der Waals surface area contributed by atoms with Crippen LogP contribution in [0.15, 0.2) is 30.3 Å². The van der Waals surface area contributed by atoms with Crippen LogP contribution in [0.5, 0.6) is 0 Å². The molecule has 2 aliphatic heterocycles. The highest BCUT2D eigenvalue weighted by atomic mass is 19.2. The lowest BCUT2D eigenvalue weighted by Gasteiger charge is -2.35. The van der Waals surface area contributed by atoms with E-state index < -0.39 is 23.1 Å². The summed E-state index contributed by atoms with van der Waals surface area (Å²) in [6.07, 6.45) is -1.91. The molecular formula is C14H19FN3O2+. The Morgan fingerprint density at radius 2 is 1.95 bits per heavy atom. The number of hydrogen-bond donors (Lipinski definition) is 1. The highest BCUT2D eigenvalue weighted by Crippen LogP contribution is 2.38. The molecule has 0 radical (unpaired) electrons. The quantitative estimate of drug-likeness (QED) is 0.836. The first-order valence-electron chi connectivity index (χ1n) is 6.94. The molecule has 0 aromatic heterocycles. The number of carbonyl (C=O) groups is 1. The molecule has 1 aromatic rings. The number of quaternary nitrogens is 1. The molecule has 0 saturated carbocycles. The minimum atomic E-state index is -1.29. The summed E-state index contributed by atoms with van der Waals surface area (Å²) in [5.41, 5.74) is 0.324. The second kappa shape index (κ2) is 5.12. The van der Waals surface area contributed by atoms with Crippen molar-refractivity contribution in [3.8, 4) is 0 Å². The van der Waals surface area contributed by atoms with E-state index in [0.29, 0.717) is 18.8 Å². The first-order chi connectivity index (χ1) is 9.64. The van der Waals surface area contributed by atoms with Crippen molar-refractivity contribution in [2.24, 2.45) is 0 Å². The maximum Gasteiger partial charge on any atom is 0.563 e. The van der Waals surface area contributed by atoms with E-state index in [1.54, 1.807) is 37.3 Å². The Hall–Kier alpha value is -1.50. The van der Waals surface area contributed by atoms with Gasteiger partial charge in [0.1, 0.15) is 0 Å². The number of benzene rings is 1. The fourth-order valence-corrected chi connectivity index (χ4v) is 3.07. The Bertz CT molecular complexity index is 492. The Morgan fingerprint density at radius 1 is 1.30 bits per heavy atom. The molecule has 3 atom stereocenters. The lowest BCUT2D eigenvalue weighted by atomic mass is 10.2. The summed E-state index contributed by atoms with van der Waals surface area (Å²) in [5, 5.41) is 3.23. The maximum absolute atomic E-state index is 15.5. The summed E-state index contributed by atoms with van der Waals surface area (Å²) in [6, 6.07) is 8.54. The normalized spacial score (nSPS) is 35.0. The van der Waals surface area contributed by atoms with Crippen LogP contribution in [-0.2, 0) is 4.74 Å². The largest absolute Gasteiger partial charge is 0.563 e. The summed E-state index contributed by atoms with van der Waals surface area (Å²) >= 11 is 0. The summed E-state index contributed by atoms with van der Waals surface area (Å²) in [7, 11) is 0. The van der Waals surface area contributed by atoms with Gasteiger partial charge in [-0.3, -0.25) is 0 Å². The van der Waals surface area contributed by atoms with Crippen molar-refractivity contribution in [1.29, 1.82) is 0 Å². The zero-order chi connectivity index (χ0) is 14.2. The van der Waals surface area contributed by atoms with Gasteiger partial charge < -0.3 is 10.1 Å². The van der Waals surface area contributed by atoms with Gasteiger partial charge in [-0.05, 0) is 6.92 Å². The molecule has 20 heavy (non-hydrogen) atoms. The van der Waals surface area contributed by atoms with Gasteiger partial charge in [0.25, 0.3) is 0 Å². The van der Waals surface area contributed by atoms with Gasteiger partial charge in [-0.15, -0.1) is 0 Å². The number of hydrogen-bond acceptors (Lipinski definition) is 4. The lowest BCUT2D eigenvalue weighted by Crippen LogP contribution is -2.62. The minimum absolute atomic E-state index is 0.324. The molecule has 3 rings (SSSR count). The molecule has 6 heteroatoms. The predicted octanol–water partition coefficient (Wildman–Crippen LogP) is 1.65. The summed E-state index contributed by atoms with van der Waals surface area (Å²) in [5.74, 6) is 0. The molecule has 108 valence electrons. The Balaban J connectivity index is 1.99. The number of amides is 1. The average Bonchev–Trinajstić information content (AvgIpc) is 2.72. The molecule has 1 N–H and O–H groups in total. The Morgan fingerprint density at radius 3 is 2.60 bits per heavy atom. The standard InChI is InChI=1S/C14H19FN3O2/c1-11-13(17-9-7-16-8-10-17)18(15,14(19)20-11)12-5-3-2-4-6-12/h2-6,11,13,16H,7-10H2,1H3/q+1. The molecule has 2 fully saturated rings. The summed E-state index contributed by atoms with van der Waals surface area (Å²) < 4.78 is 19.4. The fraction of sp³-hybridized carbons (Fsp3) is 0.500. The molecule has 2 saturated heterocycles. The second-order valence-electron chi connectivity index (χ2n) is 5.26. The van der Waals surface area contributed by atoms with Crippen molar-refractivity contribution < 1.29 is 14.0 Å². The number of carbonyl (C=O) groups excluding carboxylic acids is 1. The number of halogens is 1. The van der Waals surface area contributed by atoms with E-state index in [9.17, 15) is 4.79 Å². The monoisotopic (exact) mass is 280 g/mol. The first-order valence-corrected chi connectivity index (χ1v) is 6.94. The first kappa shape index (κ1) is 13.5. The van der Waals surface area contributed by atoms with E-state index in [4.69, 9.17) is 4.74 Å². The number of piperazine rings is 1. The van der Waals surface area contributed by atoms with Crippen LogP contribution in [-0.4, -0.2) is 49.4 Å². The third-order valence-electron chi connectivity index (χ3n) is 3.99. The summed E-state index contributed by atoms with van der Waals surface area (Å²) in [4.78, 5) is 14.1. The van der Waals surface area contributed by atoms with Crippen LogP contribution in [0.1, 0.15) is 6.92 Å². The van der Waals surface area contributed by atoms with E-state index in [1.165, 1.54) is 0 Å². The highest BCUT2D eigenvalue weighted by molar-refractivity contribution is 5.83. The van der Waals surface area contributed by atoms with Crippen LogP contribution in [0, 0.1) is 0 Å². The molecule has 0 bridgehead atoms. The van der Waals surface area contributed by atoms with Crippen LogP contribution >= 0.6 is 0 Å². The molecule has 1 aromatic carbocycles. The van der Waals surface area contributed by atoms with Gasteiger partial charge in [0.15, 0.2) is 11.8 Å². The number of para-hydroxylation sites is 1. The summed E-state index contributed by atoms with van der Waals surface area (Å²) in [6.45, 7) is 4.77. The molecular weight excluding hydrogens is 261 g/mol. The van der Waals surface area contributed by atoms with Gasteiger partial charge in [-0.2, -0.15) is 4.79 Å². The molecule has 0 aliphatic carbocycles. The van der Waals surface area contributed by atoms with Crippen molar-refractivity contribution >= 4 is 11.8 Å². The lowest BCUT2D eigenvalue weighted by molar-refractivity contribution is -0.0334. The highest BCUT2D eigenvalue weighted by Gasteiger charge is 2.63. The maximum atomic E-state index is 15.5. The number of cyclic esters (lactones) is 1. The SMILES string of the molecule is CC1OC(=O)[N+](F)(c2ccccc2)C1N1CCNCC1. The molecule has 2 heterocycles. The van der Waals surface area contributed by atoms with E-state index >= 15 is 4.48 Å². The number of nitrogens with one attached hydrogen (secondary N) is 1. The number of nitrogens with zero attached hydrogens (tertiary/aromatic N) is 2. The van der Waals surface area contributed by atoms with Crippen molar-refractivity contribution in [1.82, 2.24) is 14.9 Å². The fourth-order valence-electron chi connectivity index (χ4n) is 3.07. The van der Waals surface area contributed by atoms with Crippen LogP contribution in [0.3, 0.4) is 0 Å². The predicted molar refractivity (Wildman–Crippen MR) is 73.5 cm³/mol. The smallest absolute Gasteiger partial charge is 0.406 e. The minimum Gasteiger partial charge on any atom is -0.406 e. The van der Waals surface area contributed by atoms with Crippen LogP contribution < -0.4 is 10.0 Å². The van der Waals surface area contributed by atoms with E-state index in [1.807, 2.05) is 4.90 Å². The van der Waals surface area contributed by atoms with Crippen molar-refractivity contribution in [3.63, 3.8) is 0 Å². The van der Waals surface area contributed by atoms with Crippen molar-refractivity contribution in [3.05, 3.63) is 30.3 Å². The van der Waals surface area contributed by atoms with Gasteiger partial charge in [0.05, 0.1) is 0 Å². The second-order valence-corrected chi connectivity index (χ2v) is 5.26. The van der Waals surface area contributed by atoms with E-state index in [2.05, 4.69) is 5.32 Å². The average molecular weight is 280 g/mol. The van der Waals surface area contributed by atoms with Gasteiger partial charge in [-0.1, -0.05) is 18.2 Å². The Kier molecular flexibility index (Phi) is 3.45. The topological polar surface area (TPSA) is 41.6 Å². The Labute approximate surface area is 117 Å². The van der Waals surface area contributed by atoms with Crippen LogP contribution in [0.2, 0.25) is 0 Å². The third-order valence-corrected chi connectivity index (χ3v) is 3.99. The zero-order valence-electron chi connectivity index (χ0n) is 11.5. The third kappa shape index (κ3) is 2.00. The number of ether oxygens (including phenoxy) is 1. The molecule has 1 amide bonds. The molecule has 2 aliphatic rings. The van der Waals surface area contributed by atoms with Crippen molar-refractivity contribution in [2.45, 2.75) is 19.2 Å². The molecule has 5 nitrogen and oxygen atoms in total. The van der Waals surface area contributed by atoms with Crippen LogP contribution in [0.4, 0.5) is 15.0 Å². The van der Waals surface area contributed by atoms with Crippen molar-refractivity contribution in [2.75, 3.05) is 26.2 Å². The zero-order valence-corrected chi connectivity index (χ0v) is 11.5. The molecule has 0 spiro atoms. The number of rotatable bonds is 2. The van der Waals surface area contributed by atoms with Crippen LogP contribution in [0.25, 0.3) is 0 Å².